The molecule has 1 saturated heterocycles. The maximum absolute atomic E-state index is 11.7. The average molecular weight is 279 g/mol. The van der Waals surface area contributed by atoms with Crippen LogP contribution in [0.25, 0.3) is 0 Å². The summed E-state index contributed by atoms with van der Waals surface area (Å²) in [7, 11) is 1.57. The van der Waals surface area contributed by atoms with Gasteiger partial charge in [0.1, 0.15) is 11.3 Å². The highest BCUT2D eigenvalue weighted by Gasteiger charge is 2.36. The minimum Gasteiger partial charge on any atom is -0.497 e. The Kier molecular flexibility index (Phi) is 4.62. The molecule has 0 spiro atoms. The van der Waals surface area contributed by atoms with Crippen molar-refractivity contribution in [2.45, 2.75) is 31.4 Å². The van der Waals surface area contributed by atoms with Gasteiger partial charge >= 0.3 is 5.97 Å². The highest BCUT2D eigenvalue weighted by atomic mass is 16.5. The molecule has 1 aromatic rings. The van der Waals surface area contributed by atoms with Crippen molar-refractivity contribution in [2.75, 3.05) is 20.3 Å². The second kappa shape index (κ2) is 6.24. The highest BCUT2D eigenvalue weighted by molar-refractivity contribution is 5.80. The van der Waals surface area contributed by atoms with E-state index < -0.39 is 11.5 Å². The first-order chi connectivity index (χ1) is 9.56. The molecule has 0 aliphatic carbocycles. The predicted octanol–water partition coefficient (Wildman–Crippen LogP) is 1.76. The molecule has 0 aromatic heterocycles. The maximum Gasteiger partial charge on any atom is 0.328 e. The standard InChI is InChI=1S/C15H21NO4/c1-15(14(17)18,16-10-13-7-4-8-20-13)11-5-3-6-12(9-11)19-2/h3,5-6,9,13,16H,4,7-8,10H2,1-2H3,(H,17,18). The van der Waals surface area contributed by atoms with E-state index in [1.165, 1.54) is 0 Å². The number of benzene rings is 1. The van der Waals surface area contributed by atoms with Crippen LogP contribution in [0.1, 0.15) is 25.3 Å². The van der Waals surface area contributed by atoms with Crippen molar-refractivity contribution in [2.24, 2.45) is 0 Å². The van der Waals surface area contributed by atoms with Crippen LogP contribution in [0.2, 0.25) is 0 Å². The van der Waals surface area contributed by atoms with Crippen LogP contribution in [0.4, 0.5) is 0 Å². The van der Waals surface area contributed by atoms with Crippen LogP contribution in [0.3, 0.4) is 0 Å². The van der Waals surface area contributed by atoms with Gasteiger partial charge in [0.25, 0.3) is 0 Å². The Bertz CT molecular complexity index is 471. The fraction of sp³-hybridized carbons (Fsp3) is 0.533. The number of methoxy groups -OCH3 is 1. The van der Waals surface area contributed by atoms with Crippen molar-refractivity contribution in [3.8, 4) is 5.75 Å². The molecule has 0 amide bonds. The zero-order chi connectivity index (χ0) is 14.6. The Hall–Kier alpha value is -1.59. The monoisotopic (exact) mass is 279 g/mol. The predicted molar refractivity (Wildman–Crippen MR) is 75.0 cm³/mol. The maximum atomic E-state index is 11.7. The molecular formula is C15H21NO4. The van der Waals surface area contributed by atoms with Crippen molar-refractivity contribution in [3.63, 3.8) is 0 Å². The molecular weight excluding hydrogens is 258 g/mol. The Morgan fingerprint density at radius 2 is 2.40 bits per heavy atom. The minimum atomic E-state index is -1.15. The molecule has 5 nitrogen and oxygen atoms in total. The number of carboxylic acid groups (broad SMARTS) is 1. The number of hydrogen-bond donors (Lipinski definition) is 2. The van der Waals surface area contributed by atoms with Crippen LogP contribution in [-0.2, 0) is 15.1 Å². The van der Waals surface area contributed by atoms with E-state index in [4.69, 9.17) is 9.47 Å². The molecule has 1 fully saturated rings. The zero-order valence-corrected chi connectivity index (χ0v) is 11.9. The molecule has 5 heteroatoms. The second-order valence-corrected chi connectivity index (χ2v) is 5.18. The van der Waals surface area contributed by atoms with Gasteiger partial charge in [0.2, 0.25) is 0 Å². The molecule has 110 valence electrons. The lowest BCUT2D eigenvalue weighted by molar-refractivity contribution is -0.144. The first kappa shape index (κ1) is 14.8. The number of nitrogens with one attached hydrogen (secondary N) is 1. The number of hydrogen-bond acceptors (Lipinski definition) is 4. The van der Waals surface area contributed by atoms with Crippen LogP contribution >= 0.6 is 0 Å². The Balaban J connectivity index is 2.16. The van der Waals surface area contributed by atoms with E-state index in [-0.39, 0.29) is 6.10 Å². The first-order valence-corrected chi connectivity index (χ1v) is 6.81. The van der Waals surface area contributed by atoms with Crippen molar-refractivity contribution in [1.82, 2.24) is 5.32 Å². The molecule has 1 aromatic carbocycles. The molecule has 2 atom stereocenters. The summed E-state index contributed by atoms with van der Waals surface area (Å²) in [5.74, 6) is -0.266. The van der Waals surface area contributed by atoms with E-state index in [0.29, 0.717) is 17.9 Å². The van der Waals surface area contributed by atoms with Gasteiger partial charge in [-0.3, -0.25) is 5.32 Å². The lowest BCUT2D eigenvalue weighted by atomic mass is 9.91. The number of carboxylic acids is 1. The Labute approximate surface area is 118 Å². The molecule has 2 unspecified atom stereocenters. The van der Waals surface area contributed by atoms with Gasteiger partial charge in [-0.25, -0.2) is 4.79 Å². The van der Waals surface area contributed by atoms with Gasteiger partial charge in [0.15, 0.2) is 0 Å². The third-order valence-electron chi connectivity index (χ3n) is 3.78. The number of carbonyl (C=O) groups is 1. The van der Waals surface area contributed by atoms with Gasteiger partial charge in [0.05, 0.1) is 13.2 Å². The summed E-state index contributed by atoms with van der Waals surface area (Å²) >= 11 is 0. The second-order valence-electron chi connectivity index (χ2n) is 5.18. The van der Waals surface area contributed by atoms with Gasteiger partial charge in [-0.1, -0.05) is 12.1 Å². The summed E-state index contributed by atoms with van der Waals surface area (Å²) in [6, 6.07) is 7.13. The smallest absolute Gasteiger partial charge is 0.328 e. The number of rotatable bonds is 6. The lowest BCUT2D eigenvalue weighted by Crippen LogP contribution is -2.49. The quantitative estimate of drug-likeness (QED) is 0.830. The molecule has 1 heterocycles. The van der Waals surface area contributed by atoms with E-state index >= 15 is 0 Å². The van der Waals surface area contributed by atoms with E-state index in [2.05, 4.69) is 5.32 Å². The van der Waals surface area contributed by atoms with Gasteiger partial charge in [-0.05, 0) is 37.5 Å². The van der Waals surface area contributed by atoms with Crippen LogP contribution in [0.15, 0.2) is 24.3 Å². The van der Waals surface area contributed by atoms with Crippen molar-refractivity contribution in [3.05, 3.63) is 29.8 Å². The molecule has 20 heavy (non-hydrogen) atoms. The van der Waals surface area contributed by atoms with Gasteiger partial charge < -0.3 is 14.6 Å². The van der Waals surface area contributed by atoms with Crippen LogP contribution in [0.5, 0.6) is 5.75 Å². The topological polar surface area (TPSA) is 67.8 Å². The first-order valence-electron chi connectivity index (χ1n) is 6.81. The largest absolute Gasteiger partial charge is 0.497 e. The summed E-state index contributed by atoms with van der Waals surface area (Å²) < 4.78 is 10.7. The fourth-order valence-electron chi connectivity index (χ4n) is 2.36. The van der Waals surface area contributed by atoms with Gasteiger partial charge in [-0.2, -0.15) is 0 Å². The van der Waals surface area contributed by atoms with Crippen LogP contribution < -0.4 is 10.1 Å². The Morgan fingerprint density at radius 3 is 3.00 bits per heavy atom. The third kappa shape index (κ3) is 3.11. The fourth-order valence-corrected chi connectivity index (χ4v) is 2.36. The minimum absolute atomic E-state index is 0.0966. The molecule has 1 aliphatic heterocycles. The van der Waals surface area contributed by atoms with Crippen molar-refractivity contribution in [1.29, 1.82) is 0 Å². The SMILES string of the molecule is COc1cccc(C(C)(NCC2CCCO2)C(=O)O)c1. The molecule has 2 rings (SSSR count). The summed E-state index contributed by atoms with van der Waals surface area (Å²) in [6.45, 7) is 2.95. The number of aliphatic carboxylic acids is 1. The lowest BCUT2D eigenvalue weighted by Gasteiger charge is -2.28. The summed E-state index contributed by atoms with van der Waals surface area (Å²) in [5, 5.41) is 12.7. The normalized spacial score (nSPS) is 21.4. The highest BCUT2D eigenvalue weighted by Crippen LogP contribution is 2.25. The number of ether oxygens (including phenoxy) is 2. The van der Waals surface area contributed by atoms with Crippen LogP contribution in [-0.4, -0.2) is 37.4 Å². The van der Waals surface area contributed by atoms with Crippen molar-refractivity contribution >= 4 is 5.97 Å². The molecule has 0 saturated carbocycles. The van der Waals surface area contributed by atoms with Gasteiger partial charge in [0, 0.05) is 13.2 Å². The summed E-state index contributed by atoms with van der Waals surface area (Å²) in [5.41, 5.74) is -0.483. The van der Waals surface area contributed by atoms with Gasteiger partial charge in [-0.15, -0.1) is 0 Å². The summed E-state index contributed by atoms with van der Waals surface area (Å²) in [6.07, 6.45) is 2.11. The third-order valence-corrected chi connectivity index (χ3v) is 3.78. The van der Waals surface area contributed by atoms with Crippen molar-refractivity contribution < 1.29 is 19.4 Å². The van der Waals surface area contributed by atoms with E-state index in [9.17, 15) is 9.90 Å². The van der Waals surface area contributed by atoms with Crippen LogP contribution in [0, 0.1) is 0 Å². The average Bonchev–Trinajstić information content (AvgIpc) is 2.98. The molecule has 0 bridgehead atoms. The zero-order valence-electron chi connectivity index (χ0n) is 11.9. The molecule has 2 N–H and O–H groups in total. The summed E-state index contributed by atoms with van der Waals surface area (Å²) in [4.78, 5) is 11.7. The Morgan fingerprint density at radius 1 is 1.60 bits per heavy atom. The molecule has 0 radical (unpaired) electrons. The van der Waals surface area contributed by atoms with E-state index in [1.807, 2.05) is 0 Å². The van der Waals surface area contributed by atoms with E-state index in [0.717, 1.165) is 19.4 Å². The van der Waals surface area contributed by atoms with E-state index in [1.54, 1.807) is 38.3 Å². The molecule has 1 aliphatic rings.